The van der Waals surface area contributed by atoms with Gasteiger partial charge >= 0.3 is 0 Å². The Morgan fingerprint density at radius 2 is 1.82 bits per heavy atom. The van der Waals surface area contributed by atoms with Gasteiger partial charge < -0.3 is 20.7 Å². The summed E-state index contributed by atoms with van der Waals surface area (Å²) in [4.78, 5) is 22.1. The minimum Gasteiger partial charge on any atom is -0.379 e. The van der Waals surface area contributed by atoms with E-state index in [1.807, 2.05) is 49.5 Å². The summed E-state index contributed by atoms with van der Waals surface area (Å²) >= 11 is 0. The lowest BCUT2D eigenvalue weighted by Gasteiger charge is -2.32. The topological polar surface area (TPSA) is 115 Å². The lowest BCUT2D eigenvalue weighted by molar-refractivity contribution is 0.0268. The van der Waals surface area contributed by atoms with Crippen molar-refractivity contribution in [3.63, 3.8) is 0 Å². The van der Waals surface area contributed by atoms with Crippen molar-refractivity contribution in [1.82, 2.24) is 15.1 Å². The molecule has 1 amide bonds. The number of nitrogens with zero attached hydrogens (tertiary/aromatic N) is 3. The maximum atomic E-state index is 12.9. The number of carbonyl (C=O) groups excluding carboxylic acids is 1. The Morgan fingerprint density at radius 1 is 1.08 bits per heavy atom. The highest BCUT2D eigenvalue weighted by Gasteiger charge is 2.22. The van der Waals surface area contributed by atoms with Gasteiger partial charge in [-0.15, -0.1) is 0 Å². The van der Waals surface area contributed by atoms with Crippen LogP contribution >= 0.6 is 0 Å². The molecule has 1 atom stereocenters. The van der Waals surface area contributed by atoms with Gasteiger partial charge in [-0.3, -0.25) is 14.6 Å². The molecule has 0 radical (unpaired) electrons. The van der Waals surface area contributed by atoms with Crippen LogP contribution in [-0.2, 0) is 21.1 Å². The Labute approximate surface area is 223 Å². The van der Waals surface area contributed by atoms with E-state index in [0.717, 1.165) is 29.9 Å². The Bertz CT molecular complexity index is 1310. The van der Waals surface area contributed by atoms with E-state index >= 15 is 0 Å². The largest absolute Gasteiger partial charge is 0.379 e. The number of rotatable bonds is 6. The van der Waals surface area contributed by atoms with E-state index in [1.165, 1.54) is 0 Å². The molecule has 3 aliphatic rings. The number of carbonyl (C=O) groups is 1. The number of sulfone groups is 1. The predicted octanol–water partition coefficient (Wildman–Crippen LogP) is 2.02. The highest BCUT2D eigenvalue weighted by Crippen LogP contribution is 2.22. The zero-order valence-corrected chi connectivity index (χ0v) is 22.3. The van der Waals surface area contributed by atoms with E-state index in [-0.39, 0.29) is 23.6 Å². The van der Waals surface area contributed by atoms with E-state index in [2.05, 4.69) is 25.8 Å². The Kier molecular flexibility index (Phi) is 8.08. The number of benzene rings is 2. The molecule has 0 bridgehead atoms. The van der Waals surface area contributed by atoms with Crippen LogP contribution in [0.3, 0.4) is 0 Å². The molecule has 10 nitrogen and oxygen atoms in total. The fourth-order valence-electron chi connectivity index (χ4n) is 4.63. The van der Waals surface area contributed by atoms with E-state index in [0.29, 0.717) is 50.1 Å². The van der Waals surface area contributed by atoms with Crippen LogP contribution in [0.25, 0.3) is 0 Å². The summed E-state index contributed by atoms with van der Waals surface area (Å²) in [5.41, 5.74) is 4.16. The minimum atomic E-state index is -2.90. The van der Waals surface area contributed by atoms with Crippen LogP contribution in [0, 0.1) is 6.92 Å². The molecule has 202 valence electrons. The van der Waals surface area contributed by atoms with Gasteiger partial charge in [0.25, 0.3) is 5.91 Å². The van der Waals surface area contributed by atoms with Gasteiger partial charge in [0.05, 0.1) is 24.7 Å². The van der Waals surface area contributed by atoms with E-state index in [4.69, 9.17) is 9.73 Å². The molecule has 11 heteroatoms. The molecule has 3 aliphatic heterocycles. The smallest absolute Gasteiger partial charge is 0.255 e. The van der Waals surface area contributed by atoms with Crippen LogP contribution in [0.1, 0.15) is 21.5 Å². The highest BCUT2D eigenvalue weighted by atomic mass is 32.2. The summed E-state index contributed by atoms with van der Waals surface area (Å²) in [6.45, 7) is 6.87. The molecule has 5 rings (SSSR count). The molecular formula is C27H34N6O4S. The minimum absolute atomic E-state index is 0.0447. The normalized spacial score (nSPS) is 21.8. The average molecular weight is 539 g/mol. The molecule has 38 heavy (non-hydrogen) atoms. The zero-order valence-electron chi connectivity index (χ0n) is 21.5. The number of anilines is 2. The summed E-state index contributed by atoms with van der Waals surface area (Å²) in [6, 6.07) is 13.2. The first-order valence-electron chi connectivity index (χ1n) is 12.9. The van der Waals surface area contributed by atoms with Crippen molar-refractivity contribution >= 4 is 33.1 Å². The molecule has 1 unspecified atom stereocenters. The number of hydrogen-bond donors (Lipinski definition) is 3. The van der Waals surface area contributed by atoms with Crippen molar-refractivity contribution in [3.8, 4) is 0 Å². The van der Waals surface area contributed by atoms with Crippen LogP contribution in [0.4, 0.5) is 11.4 Å². The summed E-state index contributed by atoms with van der Waals surface area (Å²) in [5.74, 6) is 0.863. The molecule has 0 spiro atoms. The number of guanidine groups is 1. The van der Waals surface area contributed by atoms with Crippen LogP contribution in [-0.4, -0.2) is 87.1 Å². The van der Waals surface area contributed by atoms with Gasteiger partial charge in [-0.2, -0.15) is 0 Å². The third-order valence-corrected chi connectivity index (χ3v) is 8.59. The number of hydrogen-bond acceptors (Lipinski definition) is 9. The zero-order chi connectivity index (χ0) is 26.5. The SMILES string of the molecule is Cc1ccc(NC(=O)c2ccc(CN3CCS(=O)(=O)CC3)cc2)cc1NC1=NC(N2CCOCC2)C=CN1. The molecule has 2 aromatic carbocycles. The second kappa shape index (κ2) is 11.6. The number of nitrogens with one attached hydrogen (secondary N) is 3. The van der Waals surface area contributed by atoms with Crippen LogP contribution < -0.4 is 16.0 Å². The van der Waals surface area contributed by atoms with E-state index in [9.17, 15) is 13.2 Å². The number of morpholine rings is 1. The summed E-state index contributed by atoms with van der Waals surface area (Å²) in [5, 5.41) is 9.51. The Hall–Kier alpha value is -3.25. The second-order valence-electron chi connectivity index (χ2n) is 9.78. The van der Waals surface area contributed by atoms with Gasteiger partial charge in [0.2, 0.25) is 5.96 Å². The first kappa shape index (κ1) is 26.4. The maximum absolute atomic E-state index is 12.9. The van der Waals surface area contributed by atoms with Crippen molar-refractivity contribution in [3.05, 3.63) is 71.4 Å². The fraction of sp³-hybridized carbons (Fsp3) is 0.407. The van der Waals surface area contributed by atoms with Gasteiger partial charge in [-0.25, -0.2) is 13.4 Å². The van der Waals surface area contributed by atoms with Crippen molar-refractivity contribution in [2.45, 2.75) is 19.6 Å². The highest BCUT2D eigenvalue weighted by molar-refractivity contribution is 7.91. The molecule has 0 aromatic heterocycles. The first-order chi connectivity index (χ1) is 18.3. The first-order valence-corrected chi connectivity index (χ1v) is 14.7. The van der Waals surface area contributed by atoms with E-state index < -0.39 is 9.84 Å². The van der Waals surface area contributed by atoms with Crippen LogP contribution in [0.2, 0.25) is 0 Å². The molecule has 0 saturated carbocycles. The van der Waals surface area contributed by atoms with Crippen molar-refractivity contribution in [2.75, 3.05) is 61.5 Å². The Morgan fingerprint density at radius 3 is 2.55 bits per heavy atom. The number of amides is 1. The maximum Gasteiger partial charge on any atom is 0.255 e. The lowest BCUT2D eigenvalue weighted by Crippen LogP contribution is -2.45. The molecule has 2 fully saturated rings. The van der Waals surface area contributed by atoms with Crippen molar-refractivity contribution < 1.29 is 17.9 Å². The number of ether oxygens (including phenoxy) is 1. The van der Waals surface area contributed by atoms with Crippen molar-refractivity contribution in [2.24, 2.45) is 4.99 Å². The molecule has 2 saturated heterocycles. The van der Waals surface area contributed by atoms with Gasteiger partial charge in [0.15, 0.2) is 9.84 Å². The third-order valence-electron chi connectivity index (χ3n) is 6.98. The summed E-state index contributed by atoms with van der Waals surface area (Å²) in [7, 11) is -2.90. The van der Waals surface area contributed by atoms with Crippen LogP contribution in [0.15, 0.2) is 59.7 Å². The van der Waals surface area contributed by atoms with Crippen LogP contribution in [0.5, 0.6) is 0 Å². The predicted molar refractivity (Wildman–Crippen MR) is 149 cm³/mol. The summed E-state index contributed by atoms with van der Waals surface area (Å²) in [6.07, 6.45) is 3.88. The second-order valence-corrected chi connectivity index (χ2v) is 12.1. The van der Waals surface area contributed by atoms with Gasteiger partial charge in [-0.1, -0.05) is 18.2 Å². The lowest BCUT2D eigenvalue weighted by atomic mass is 10.1. The molecule has 3 heterocycles. The standard InChI is InChI=1S/C27H34N6O4S/c1-20-2-7-23(18-24(20)30-27-28-9-8-25(31-27)33-10-14-37-15-11-33)29-26(34)22-5-3-21(4-6-22)19-32-12-16-38(35,36)17-13-32/h2-9,18,25H,10-17,19H2,1H3,(H,29,34)(H2,28,30,31). The molecular weight excluding hydrogens is 504 g/mol. The quantitative estimate of drug-likeness (QED) is 0.512. The average Bonchev–Trinajstić information content (AvgIpc) is 2.93. The van der Waals surface area contributed by atoms with Crippen molar-refractivity contribution in [1.29, 1.82) is 0 Å². The van der Waals surface area contributed by atoms with Gasteiger partial charge in [0.1, 0.15) is 6.17 Å². The van der Waals surface area contributed by atoms with Gasteiger partial charge in [-0.05, 0) is 48.4 Å². The summed E-state index contributed by atoms with van der Waals surface area (Å²) < 4.78 is 28.7. The fourth-order valence-corrected chi connectivity index (χ4v) is 5.91. The Balaban J connectivity index is 1.19. The third kappa shape index (κ3) is 6.79. The monoisotopic (exact) mass is 538 g/mol. The molecule has 3 N–H and O–H groups in total. The molecule has 2 aromatic rings. The van der Waals surface area contributed by atoms with E-state index in [1.54, 1.807) is 12.1 Å². The molecule has 0 aliphatic carbocycles. The van der Waals surface area contributed by atoms with Gasteiger partial charge in [0, 0.05) is 55.9 Å². The number of aliphatic imine (C=N–C) groups is 1. The number of aryl methyl sites for hydroxylation is 1.